The number of aromatic nitrogens is 1. The Balaban J connectivity index is 2.17. The van der Waals surface area contributed by atoms with E-state index in [0.29, 0.717) is 21.5 Å². The second-order valence-corrected chi connectivity index (χ2v) is 5.26. The number of benzene rings is 1. The van der Waals surface area contributed by atoms with Crippen LogP contribution in [0.15, 0.2) is 41.1 Å². The molecule has 1 atom stereocenters. The molecule has 0 fully saturated rings. The van der Waals surface area contributed by atoms with Crippen molar-refractivity contribution in [3.8, 4) is 5.75 Å². The van der Waals surface area contributed by atoms with Gasteiger partial charge in [-0.25, -0.2) is 9.37 Å². The first kappa shape index (κ1) is 15.4. The van der Waals surface area contributed by atoms with Gasteiger partial charge in [-0.15, -0.1) is 0 Å². The van der Waals surface area contributed by atoms with Gasteiger partial charge in [-0.2, -0.15) is 0 Å². The van der Waals surface area contributed by atoms with Gasteiger partial charge in [-0.1, -0.05) is 0 Å². The van der Waals surface area contributed by atoms with E-state index in [1.807, 2.05) is 0 Å². The van der Waals surface area contributed by atoms with Crippen LogP contribution in [-0.4, -0.2) is 18.0 Å². The standard InChI is InChI=1S/C15H14BrFN2O2/c1-9(12-7-11(17)4-5-13(12)21-2)19-15(20)10-3-6-14(16)18-8-10/h3-9H,1-2H3,(H,19,20). The molecule has 2 aromatic rings. The molecule has 1 unspecified atom stereocenters. The highest BCUT2D eigenvalue weighted by atomic mass is 79.9. The summed E-state index contributed by atoms with van der Waals surface area (Å²) in [5.41, 5.74) is 1.01. The van der Waals surface area contributed by atoms with Gasteiger partial charge in [-0.05, 0) is 53.2 Å². The monoisotopic (exact) mass is 352 g/mol. The summed E-state index contributed by atoms with van der Waals surface area (Å²) in [5, 5.41) is 2.79. The number of hydrogen-bond acceptors (Lipinski definition) is 3. The number of amides is 1. The van der Waals surface area contributed by atoms with Crippen molar-refractivity contribution in [2.45, 2.75) is 13.0 Å². The van der Waals surface area contributed by atoms with Gasteiger partial charge in [0.25, 0.3) is 5.91 Å². The maximum atomic E-state index is 13.4. The molecule has 0 saturated heterocycles. The van der Waals surface area contributed by atoms with E-state index in [0.717, 1.165) is 0 Å². The average Bonchev–Trinajstić information content (AvgIpc) is 2.47. The molecule has 0 aliphatic rings. The Labute approximate surface area is 130 Å². The molecule has 1 aromatic heterocycles. The number of rotatable bonds is 4. The molecule has 0 saturated carbocycles. The summed E-state index contributed by atoms with van der Waals surface area (Å²) in [5.74, 6) is -0.135. The maximum Gasteiger partial charge on any atom is 0.253 e. The molecule has 21 heavy (non-hydrogen) atoms. The van der Waals surface area contributed by atoms with E-state index in [4.69, 9.17) is 4.74 Å². The Kier molecular flexibility index (Phi) is 4.90. The smallest absolute Gasteiger partial charge is 0.253 e. The molecular formula is C15H14BrFN2O2. The lowest BCUT2D eigenvalue weighted by Gasteiger charge is -2.17. The largest absolute Gasteiger partial charge is 0.496 e. The molecule has 0 aliphatic carbocycles. The normalized spacial score (nSPS) is 11.8. The fourth-order valence-corrected chi connectivity index (χ4v) is 2.15. The van der Waals surface area contributed by atoms with Gasteiger partial charge in [0, 0.05) is 11.8 Å². The highest BCUT2D eigenvalue weighted by molar-refractivity contribution is 9.10. The molecule has 1 amide bonds. The summed E-state index contributed by atoms with van der Waals surface area (Å²) >= 11 is 3.21. The molecule has 1 heterocycles. The van der Waals surface area contributed by atoms with Gasteiger partial charge in [-0.3, -0.25) is 4.79 Å². The third kappa shape index (κ3) is 3.78. The average molecular weight is 353 g/mol. The zero-order valence-corrected chi connectivity index (χ0v) is 13.1. The van der Waals surface area contributed by atoms with Crippen LogP contribution < -0.4 is 10.1 Å². The molecular weight excluding hydrogens is 339 g/mol. The number of hydrogen-bond donors (Lipinski definition) is 1. The number of carbonyl (C=O) groups excluding carboxylic acids is 1. The van der Waals surface area contributed by atoms with E-state index in [9.17, 15) is 9.18 Å². The summed E-state index contributed by atoms with van der Waals surface area (Å²) < 4.78 is 19.2. The molecule has 0 aliphatic heterocycles. The number of ether oxygens (including phenoxy) is 1. The van der Waals surface area contributed by atoms with Gasteiger partial charge in [0.15, 0.2) is 0 Å². The highest BCUT2D eigenvalue weighted by Crippen LogP contribution is 2.26. The van der Waals surface area contributed by atoms with Crippen LogP contribution in [0.4, 0.5) is 4.39 Å². The predicted octanol–water partition coefficient (Wildman–Crippen LogP) is 3.48. The Hall–Kier alpha value is -1.95. The van der Waals surface area contributed by atoms with E-state index in [-0.39, 0.29) is 11.7 Å². The second kappa shape index (κ2) is 6.67. The van der Waals surface area contributed by atoms with E-state index in [1.165, 1.54) is 31.5 Å². The third-order valence-corrected chi connectivity index (χ3v) is 3.46. The number of carbonyl (C=O) groups is 1. The lowest BCUT2D eigenvalue weighted by atomic mass is 10.1. The van der Waals surface area contributed by atoms with Crippen molar-refractivity contribution in [2.24, 2.45) is 0 Å². The topological polar surface area (TPSA) is 51.2 Å². The van der Waals surface area contributed by atoms with Crippen molar-refractivity contribution in [3.63, 3.8) is 0 Å². The molecule has 6 heteroatoms. The number of nitrogens with one attached hydrogen (secondary N) is 1. The van der Waals surface area contributed by atoms with Crippen molar-refractivity contribution in [1.82, 2.24) is 10.3 Å². The van der Waals surface area contributed by atoms with Crippen molar-refractivity contribution >= 4 is 21.8 Å². The van der Waals surface area contributed by atoms with Crippen molar-refractivity contribution in [3.05, 3.63) is 58.1 Å². The molecule has 1 aromatic carbocycles. The van der Waals surface area contributed by atoms with Crippen LogP contribution in [0.5, 0.6) is 5.75 Å². The van der Waals surface area contributed by atoms with Crippen LogP contribution in [-0.2, 0) is 0 Å². The summed E-state index contributed by atoms with van der Waals surface area (Å²) in [7, 11) is 1.50. The third-order valence-electron chi connectivity index (χ3n) is 3.00. The van der Waals surface area contributed by atoms with Crippen LogP contribution in [0, 0.1) is 5.82 Å². The van der Waals surface area contributed by atoms with Gasteiger partial charge < -0.3 is 10.1 Å². The molecule has 0 radical (unpaired) electrons. The van der Waals surface area contributed by atoms with Crippen LogP contribution in [0.25, 0.3) is 0 Å². The summed E-state index contributed by atoms with van der Waals surface area (Å²) in [4.78, 5) is 16.1. The molecule has 110 valence electrons. The van der Waals surface area contributed by atoms with Gasteiger partial charge in [0.2, 0.25) is 0 Å². The maximum absolute atomic E-state index is 13.4. The number of methoxy groups -OCH3 is 1. The zero-order valence-electron chi connectivity index (χ0n) is 11.6. The van der Waals surface area contributed by atoms with E-state index in [2.05, 4.69) is 26.2 Å². The number of nitrogens with zero attached hydrogens (tertiary/aromatic N) is 1. The van der Waals surface area contributed by atoms with Gasteiger partial charge >= 0.3 is 0 Å². The Morgan fingerprint density at radius 2 is 2.14 bits per heavy atom. The number of pyridine rings is 1. The molecule has 2 rings (SSSR count). The first-order valence-corrected chi connectivity index (χ1v) is 7.06. The van der Waals surface area contributed by atoms with Gasteiger partial charge in [0.05, 0.1) is 18.7 Å². The number of halogens is 2. The quantitative estimate of drug-likeness (QED) is 0.857. The predicted molar refractivity (Wildman–Crippen MR) is 80.8 cm³/mol. The van der Waals surface area contributed by atoms with E-state index >= 15 is 0 Å². The van der Waals surface area contributed by atoms with Crippen LogP contribution in [0.1, 0.15) is 28.9 Å². The fourth-order valence-electron chi connectivity index (χ4n) is 1.91. The van der Waals surface area contributed by atoms with Crippen LogP contribution >= 0.6 is 15.9 Å². The van der Waals surface area contributed by atoms with Crippen molar-refractivity contribution in [1.29, 1.82) is 0 Å². The summed E-state index contributed by atoms with van der Waals surface area (Å²) in [6, 6.07) is 7.14. The SMILES string of the molecule is COc1ccc(F)cc1C(C)NC(=O)c1ccc(Br)nc1. The first-order valence-electron chi connectivity index (χ1n) is 6.27. The minimum Gasteiger partial charge on any atom is -0.496 e. The van der Waals surface area contributed by atoms with Gasteiger partial charge in [0.1, 0.15) is 16.2 Å². The van der Waals surface area contributed by atoms with Crippen molar-refractivity contribution in [2.75, 3.05) is 7.11 Å². The second-order valence-electron chi connectivity index (χ2n) is 4.45. The Morgan fingerprint density at radius 3 is 2.76 bits per heavy atom. The first-order chi connectivity index (χ1) is 10.0. The van der Waals surface area contributed by atoms with Crippen LogP contribution in [0.2, 0.25) is 0 Å². The van der Waals surface area contributed by atoms with Crippen LogP contribution in [0.3, 0.4) is 0 Å². The summed E-state index contributed by atoms with van der Waals surface area (Å²) in [6.07, 6.45) is 1.47. The Morgan fingerprint density at radius 1 is 1.38 bits per heavy atom. The lowest BCUT2D eigenvalue weighted by molar-refractivity contribution is 0.0939. The fraction of sp³-hybridized carbons (Fsp3) is 0.200. The molecule has 4 nitrogen and oxygen atoms in total. The lowest BCUT2D eigenvalue weighted by Crippen LogP contribution is -2.27. The van der Waals surface area contributed by atoms with E-state index < -0.39 is 6.04 Å². The summed E-state index contributed by atoms with van der Waals surface area (Å²) in [6.45, 7) is 1.77. The zero-order chi connectivity index (χ0) is 15.4. The van der Waals surface area contributed by atoms with E-state index in [1.54, 1.807) is 19.1 Å². The minimum atomic E-state index is -0.396. The molecule has 1 N–H and O–H groups in total. The molecule has 0 bridgehead atoms. The minimum absolute atomic E-state index is 0.284. The van der Waals surface area contributed by atoms with Crippen molar-refractivity contribution < 1.29 is 13.9 Å². The molecule has 0 spiro atoms. The Bertz CT molecular complexity index is 647. The highest BCUT2D eigenvalue weighted by Gasteiger charge is 2.16.